The largest absolute Gasteiger partial charge is 0.371 e. The summed E-state index contributed by atoms with van der Waals surface area (Å²) in [5.41, 5.74) is 7.23. The van der Waals surface area contributed by atoms with Gasteiger partial charge in [0.2, 0.25) is 5.91 Å². The summed E-state index contributed by atoms with van der Waals surface area (Å²) in [6.07, 6.45) is 5.70. The van der Waals surface area contributed by atoms with Crippen molar-refractivity contribution < 1.29 is 19.2 Å². The number of nitrogens with two attached hydrogens (primary N) is 2. The van der Waals surface area contributed by atoms with Crippen LogP contribution >= 0.6 is 11.8 Å². The first-order valence-corrected chi connectivity index (χ1v) is 10.7. The van der Waals surface area contributed by atoms with Crippen molar-refractivity contribution in [2.75, 3.05) is 12.3 Å². The average molecular weight is 418 g/mol. The van der Waals surface area contributed by atoms with Crippen LogP contribution in [0.15, 0.2) is 0 Å². The van der Waals surface area contributed by atoms with E-state index in [1.807, 2.05) is 11.8 Å². The fraction of sp³-hybridized carbons (Fsp3) is 0.812. The molecule has 0 spiro atoms. The molecule has 2 saturated heterocycles. The summed E-state index contributed by atoms with van der Waals surface area (Å²) in [5.74, 6) is 10.9. The maximum absolute atomic E-state index is 11.8. The Balaban J connectivity index is 1.48. The fourth-order valence-corrected chi connectivity index (χ4v) is 5.03. The number of hydroxylamine groups is 1. The Bertz CT molecular complexity index is 539. The van der Waals surface area contributed by atoms with E-state index in [-0.39, 0.29) is 30.0 Å². The van der Waals surface area contributed by atoms with E-state index in [0.717, 1.165) is 44.3 Å². The highest BCUT2D eigenvalue weighted by molar-refractivity contribution is 8.00. The number of rotatable bonds is 13. The van der Waals surface area contributed by atoms with Crippen LogP contribution in [0.3, 0.4) is 0 Å². The van der Waals surface area contributed by atoms with Gasteiger partial charge in [-0.05, 0) is 25.7 Å². The predicted octanol–water partition coefficient (Wildman–Crippen LogP) is -0.599. The van der Waals surface area contributed by atoms with Crippen LogP contribution < -0.4 is 33.4 Å². The van der Waals surface area contributed by atoms with Crippen LogP contribution in [0, 0.1) is 0 Å². The molecule has 0 saturated carbocycles. The monoisotopic (exact) mass is 417 g/mol. The van der Waals surface area contributed by atoms with Crippen molar-refractivity contribution in [3.8, 4) is 0 Å². The Morgan fingerprint density at radius 2 is 1.96 bits per heavy atom. The van der Waals surface area contributed by atoms with Gasteiger partial charge in [0.15, 0.2) is 0 Å². The zero-order chi connectivity index (χ0) is 20.4. The third-order valence-corrected chi connectivity index (χ3v) is 6.39. The van der Waals surface area contributed by atoms with Gasteiger partial charge in [0.1, 0.15) is 0 Å². The molecule has 28 heavy (non-hydrogen) atoms. The molecule has 2 fully saturated rings. The van der Waals surface area contributed by atoms with E-state index < -0.39 is 0 Å². The second-order valence-electron chi connectivity index (χ2n) is 6.91. The highest BCUT2D eigenvalue weighted by Gasteiger charge is 2.48. The summed E-state index contributed by atoms with van der Waals surface area (Å²) in [6, 6.07) is -0.00968. The van der Waals surface area contributed by atoms with Gasteiger partial charge in [-0.1, -0.05) is 12.8 Å². The number of urea groups is 1. The van der Waals surface area contributed by atoms with Gasteiger partial charge in [0.25, 0.3) is 0 Å². The molecule has 0 aliphatic carbocycles. The lowest BCUT2D eigenvalue weighted by atomic mass is 10.0. The van der Waals surface area contributed by atoms with Crippen molar-refractivity contribution in [2.45, 2.75) is 68.7 Å². The number of hydrazine groups is 3. The van der Waals surface area contributed by atoms with Crippen LogP contribution in [0.5, 0.6) is 0 Å². The minimum Gasteiger partial charge on any atom is -0.371 e. The first-order chi connectivity index (χ1) is 13.6. The van der Waals surface area contributed by atoms with Crippen molar-refractivity contribution in [1.82, 2.24) is 26.8 Å². The molecule has 2 aliphatic heterocycles. The number of unbranched alkanes of at least 4 members (excludes halogenated alkanes) is 3. The van der Waals surface area contributed by atoms with Gasteiger partial charge < -0.3 is 10.2 Å². The standard InChI is InChI=1S/C16H31N7O4S/c17-21-13(24)7-2-1-5-9-19-27-14(25)8-4-3-6-12-15-11(10-28-12)20-16(26)23(15)22-18/h11-12,15,19,22H,1-10,17-18H2,(H,20,26)(H,21,24)/t11-,12-,15-/m1/s1. The molecule has 2 heterocycles. The molecule has 160 valence electrons. The minimum atomic E-state index is -0.276. The number of hydrogen-bond acceptors (Lipinski definition) is 9. The molecule has 2 rings (SSSR count). The summed E-state index contributed by atoms with van der Waals surface area (Å²) in [7, 11) is 0. The van der Waals surface area contributed by atoms with Crippen molar-refractivity contribution in [1.29, 1.82) is 0 Å². The number of nitrogens with one attached hydrogen (secondary N) is 4. The summed E-state index contributed by atoms with van der Waals surface area (Å²) in [4.78, 5) is 39.5. The summed E-state index contributed by atoms with van der Waals surface area (Å²) in [6.45, 7) is 0.556. The number of hydrogen-bond donors (Lipinski definition) is 6. The quantitative estimate of drug-likeness (QED) is 0.0755. The van der Waals surface area contributed by atoms with E-state index in [0.29, 0.717) is 24.6 Å². The van der Waals surface area contributed by atoms with Gasteiger partial charge in [0, 0.05) is 30.4 Å². The van der Waals surface area contributed by atoms with Crippen LogP contribution in [-0.4, -0.2) is 52.5 Å². The number of thioether (sulfide) groups is 1. The minimum absolute atomic E-state index is 0.0482. The SMILES string of the molecule is NNC(=O)CCCCCNOC(=O)CCCC[C@H]1SC[C@H]2NC(=O)N(NN)[C@H]21. The van der Waals surface area contributed by atoms with Crippen molar-refractivity contribution in [3.05, 3.63) is 0 Å². The topological polar surface area (TPSA) is 164 Å². The third-order valence-electron chi connectivity index (χ3n) is 4.90. The number of carbonyl (C=O) groups excluding carboxylic acids is 3. The van der Waals surface area contributed by atoms with Gasteiger partial charge >= 0.3 is 12.0 Å². The van der Waals surface area contributed by atoms with Crippen LogP contribution in [0.2, 0.25) is 0 Å². The molecule has 0 bridgehead atoms. The third kappa shape index (κ3) is 6.78. The van der Waals surface area contributed by atoms with Crippen molar-refractivity contribution in [3.63, 3.8) is 0 Å². The number of fused-ring (bicyclic) bond motifs is 1. The molecule has 0 unspecified atom stereocenters. The first kappa shape index (κ1) is 22.7. The Morgan fingerprint density at radius 3 is 2.71 bits per heavy atom. The molecule has 2 aliphatic rings. The van der Waals surface area contributed by atoms with Gasteiger partial charge in [0.05, 0.1) is 12.1 Å². The Hall–Kier alpha value is -1.60. The normalized spacial score (nSPS) is 23.4. The van der Waals surface area contributed by atoms with E-state index in [4.69, 9.17) is 16.5 Å². The molecule has 3 amide bonds. The average Bonchev–Trinajstić information content (AvgIpc) is 3.21. The van der Waals surface area contributed by atoms with E-state index in [2.05, 4.69) is 21.8 Å². The number of carbonyl (C=O) groups is 3. The second kappa shape index (κ2) is 12.1. The molecular weight excluding hydrogens is 386 g/mol. The van der Waals surface area contributed by atoms with Crippen LogP contribution in [0.25, 0.3) is 0 Å². The maximum Gasteiger partial charge on any atom is 0.333 e. The lowest BCUT2D eigenvalue weighted by Crippen LogP contribution is -2.52. The second-order valence-corrected chi connectivity index (χ2v) is 8.18. The summed E-state index contributed by atoms with van der Waals surface area (Å²) in [5, 5.41) is 4.69. The molecule has 8 N–H and O–H groups in total. The van der Waals surface area contributed by atoms with E-state index in [1.54, 1.807) is 0 Å². The van der Waals surface area contributed by atoms with Gasteiger partial charge in [-0.25, -0.2) is 15.6 Å². The highest BCUT2D eigenvalue weighted by atomic mass is 32.2. The van der Waals surface area contributed by atoms with Gasteiger partial charge in [-0.2, -0.15) is 22.8 Å². The van der Waals surface area contributed by atoms with Crippen molar-refractivity contribution in [2.24, 2.45) is 11.7 Å². The lowest BCUT2D eigenvalue weighted by molar-refractivity contribution is -0.151. The first-order valence-electron chi connectivity index (χ1n) is 9.66. The van der Waals surface area contributed by atoms with Crippen molar-refractivity contribution >= 4 is 29.7 Å². The van der Waals surface area contributed by atoms with E-state index >= 15 is 0 Å². The van der Waals surface area contributed by atoms with E-state index in [9.17, 15) is 14.4 Å². The van der Waals surface area contributed by atoms with Gasteiger partial charge in [-0.15, -0.1) is 0 Å². The van der Waals surface area contributed by atoms with Crippen LogP contribution in [0.4, 0.5) is 4.79 Å². The Labute approximate surface area is 168 Å². The highest BCUT2D eigenvalue weighted by Crippen LogP contribution is 2.36. The predicted molar refractivity (Wildman–Crippen MR) is 105 cm³/mol. The van der Waals surface area contributed by atoms with Crippen LogP contribution in [0.1, 0.15) is 51.4 Å². The fourth-order valence-electron chi connectivity index (χ4n) is 3.45. The zero-order valence-electron chi connectivity index (χ0n) is 15.9. The zero-order valence-corrected chi connectivity index (χ0v) is 16.8. The molecule has 3 atom stereocenters. The molecule has 12 heteroatoms. The lowest BCUT2D eigenvalue weighted by Gasteiger charge is -2.25. The van der Waals surface area contributed by atoms with Gasteiger partial charge in [-0.3, -0.25) is 20.9 Å². The molecule has 0 aromatic heterocycles. The summed E-state index contributed by atoms with van der Waals surface area (Å²) < 4.78 is 0. The molecular formula is C16H31N7O4S. The number of nitrogens with zero attached hydrogens (tertiary/aromatic N) is 1. The summed E-state index contributed by atoms with van der Waals surface area (Å²) >= 11 is 1.83. The Morgan fingerprint density at radius 1 is 1.18 bits per heavy atom. The maximum atomic E-state index is 11.8. The molecule has 0 radical (unpaired) electrons. The van der Waals surface area contributed by atoms with Crippen LogP contribution in [-0.2, 0) is 14.4 Å². The Kier molecular flexibility index (Phi) is 9.78. The smallest absolute Gasteiger partial charge is 0.333 e. The molecule has 11 nitrogen and oxygen atoms in total. The number of amides is 3. The molecule has 0 aromatic rings. The van der Waals surface area contributed by atoms with E-state index in [1.165, 1.54) is 5.01 Å². The molecule has 0 aromatic carbocycles.